The Balaban J connectivity index is 1.50. The van der Waals surface area contributed by atoms with Crippen LogP contribution in [0.4, 0.5) is 5.69 Å². The molecule has 22 heavy (non-hydrogen) atoms. The number of carbonyl (C=O) groups is 1. The first-order valence-corrected chi connectivity index (χ1v) is 8.45. The predicted molar refractivity (Wildman–Crippen MR) is 93.3 cm³/mol. The van der Waals surface area contributed by atoms with Crippen molar-refractivity contribution < 1.29 is 4.79 Å². The lowest BCUT2D eigenvalue weighted by Gasteiger charge is -2.19. The molecule has 0 aliphatic carbocycles. The summed E-state index contributed by atoms with van der Waals surface area (Å²) in [6, 6.07) is 12.5. The van der Waals surface area contributed by atoms with E-state index in [1.807, 2.05) is 30.5 Å². The molecule has 0 saturated heterocycles. The maximum atomic E-state index is 12.1. The van der Waals surface area contributed by atoms with E-state index in [-0.39, 0.29) is 5.91 Å². The van der Waals surface area contributed by atoms with Crippen molar-refractivity contribution in [3.63, 3.8) is 0 Å². The van der Waals surface area contributed by atoms with Crippen LogP contribution in [0.25, 0.3) is 6.08 Å². The largest absolute Gasteiger partial charge is 0.369 e. The SMILES string of the molecule is C/C(=C\c1cccs1)C(=O)NCCN1CCc2ccccc21. The molecule has 0 saturated carbocycles. The average molecular weight is 312 g/mol. The van der Waals surface area contributed by atoms with Gasteiger partial charge >= 0.3 is 0 Å². The number of para-hydroxylation sites is 1. The van der Waals surface area contributed by atoms with E-state index in [2.05, 4.69) is 34.5 Å². The van der Waals surface area contributed by atoms with Crippen molar-refractivity contribution >= 4 is 29.0 Å². The number of nitrogens with zero attached hydrogens (tertiary/aromatic N) is 1. The number of carbonyl (C=O) groups excluding carboxylic acids is 1. The first-order valence-electron chi connectivity index (χ1n) is 7.57. The Morgan fingerprint density at radius 2 is 2.18 bits per heavy atom. The zero-order chi connectivity index (χ0) is 15.4. The molecule has 0 atom stereocenters. The summed E-state index contributed by atoms with van der Waals surface area (Å²) in [5.74, 6) is 0.0147. The molecule has 114 valence electrons. The summed E-state index contributed by atoms with van der Waals surface area (Å²) in [4.78, 5) is 15.5. The van der Waals surface area contributed by atoms with Crippen molar-refractivity contribution in [1.29, 1.82) is 0 Å². The maximum Gasteiger partial charge on any atom is 0.247 e. The topological polar surface area (TPSA) is 32.3 Å². The molecule has 3 nitrogen and oxygen atoms in total. The van der Waals surface area contributed by atoms with Crippen LogP contribution in [-0.4, -0.2) is 25.5 Å². The van der Waals surface area contributed by atoms with Gasteiger partial charge in [-0.25, -0.2) is 0 Å². The van der Waals surface area contributed by atoms with Crippen LogP contribution in [0, 0.1) is 0 Å². The van der Waals surface area contributed by atoms with Gasteiger partial charge in [0.05, 0.1) is 0 Å². The molecule has 4 heteroatoms. The fraction of sp³-hybridized carbons (Fsp3) is 0.278. The molecule has 0 fully saturated rings. The number of nitrogens with one attached hydrogen (secondary N) is 1. The molecule has 1 aliphatic rings. The van der Waals surface area contributed by atoms with Gasteiger partial charge in [0.15, 0.2) is 0 Å². The fourth-order valence-electron chi connectivity index (χ4n) is 2.73. The van der Waals surface area contributed by atoms with Crippen LogP contribution in [0.1, 0.15) is 17.4 Å². The molecule has 1 N–H and O–H groups in total. The van der Waals surface area contributed by atoms with Crippen LogP contribution in [0.5, 0.6) is 0 Å². The van der Waals surface area contributed by atoms with Gasteiger partial charge in [0.25, 0.3) is 0 Å². The summed E-state index contributed by atoms with van der Waals surface area (Å²) >= 11 is 1.64. The highest BCUT2D eigenvalue weighted by Gasteiger charge is 2.17. The number of amides is 1. The van der Waals surface area contributed by atoms with E-state index in [1.54, 1.807) is 11.3 Å². The molecule has 0 unspecified atom stereocenters. The Labute approximate surface area is 135 Å². The molecule has 0 radical (unpaired) electrons. The minimum absolute atomic E-state index is 0.0147. The van der Waals surface area contributed by atoms with Crippen molar-refractivity contribution in [3.8, 4) is 0 Å². The van der Waals surface area contributed by atoms with Gasteiger partial charge in [0.2, 0.25) is 5.91 Å². The maximum absolute atomic E-state index is 12.1. The Morgan fingerprint density at radius 3 is 3.00 bits per heavy atom. The fourth-order valence-corrected chi connectivity index (χ4v) is 3.45. The molecular weight excluding hydrogens is 292 g/mol. The Bertz CT molecular complexity index is 676. The van der Waals surface area contributed by atoms with E-state index < -0.39 is 0 Å². The molecule has 1 aliphatic heterocycles. The number of hydrogen-bond acceptors (Lipinski definition) is 3. The third kappa shape index (κ3) is 3.39. The van der Waals surface area contributed by atoms with E-state index in [1.165, 1.54) is 11.3 Å². The summed E-state index contributed by atoms with van der Waals surface area (Å²) in [6.45, 7) is 4.43. The molecular formula is C18H20N2OS. The van der Waals surface area contributed by atoms with Crippen molar-refractivity contribution in [1.82, 2.24) is 5.32 Å². The van der Waals surface area contributed by atoms with Crippen LogP contribution in [0.2, 0.25) is 0 Å². The molecule has 3 rings (SSSR count). The highest BCUT2D eigenvalue weighted by molar-refractivity contribution is 7.10. The van der Waals surface area contributed by atoms with Crippen molar-refractivity contribution in [2.45, 2.75) is 13.3 Å². The van der Waals surface area contributed by atoms with Gasteiger partial charge in [-0.1, -0.05) is 24.3 Å². The van der Waals surface area contributed by atoms with Gasteiger partial charge in [-0.15, -0.1) is 11.3 Å². The van der Waals surface area contributed by atoms with Crippen molar-refractivity contribution in [2.75, 3.05) is 24.5 Å². The highest BCUT2D eigenvalue weighted by Crippen LogP contribution is 2.26. The van der Waals surface area contributed by atoms with Gasteiger partial charge in [0.1, 0.15) is 0 Å². The summed E-state index contributed by atoms with van der Waals surface area (Å²) in [5.41, 5.74) is 3.47. The van der Waals surface area contributed by atoms with Gasteiger partial charge < -0.3 is 10.2 Å². The quantitative estimate of drug-likeness (QED) is 0.859. The van der Waals surface area contributed by atoms with Crippen LogP contribution in [-0.2, 0) is 11.2 Å². The summed E-state index contributed by atoms with van der Waals surface area (Å²) in [5, 5.41) is 5.02. The molecule has 1 aromatic carbocycles. The standard InChI is InChI=1S/C18H20N2OS/c1-14(13-16-6-4-12-22-16)18(21)19-9-11-20-10-8-15-5-2-3-7-17(15)20/h2-7,12-13H,8-11H2,1H3,(H,19,21)/b14-13+. The van der Waals surface area contributed by atoms with Gasteiger partial charge in [0, 0.05) is 35.8 Å². The lowest BCUT2D eigenvalue weighted by atomic mass is 10.2. The Morgan fingerprint density at radius 1 is 1.32 bits per heavy atom. The Kier molecular flexibility index (Phi) is 4.59. The van der Waals surface area contributed by atoms with Crippen molar-refractivity contribution in [2.24, 2.45) is 0 Å². The second-order valence-corrected chi connectivity index (χ2v) is 6.44. The zero-order valence-electron chi connectivity index (χ0n) is 12.7. The number of hydrogen-bond donors (Lipinski definition) is 1. The van der Waals surface area contributed by atoms with Crippen LogP contribution < -0.4 is 10.2 Å². The average Bonchev–Trinajstić information content (AvgIpc) is 3.17. The van der Waals surface area contributed by atoms with E-state index >= 15 is 0 Å². The van der Waals surface area contributed by atoms with Gasteiger partial charge in [-0.05, 0) is 42.5 Å². The Hall–Kier alpha value is -2.07. The number of benzene rings is 1. The molecule has 1 amide bonds. The third-order valence-corrected chi connectivity index (χ3v) is 4.73. The first kappa shape index (κ1) is 14.9. The minimum Gasteiger partial charge on any atom is -0.369 e. The number of anilines is 1. The molecule has 0 spiro atoms. The normalized spacial score (nSPS) is 14.0. The zero-order valence-corrected chi connectivity index (χ0v) is 13.5. The van der Waals surface area contributed by atoms with E-state index in [0.717, 1.165) is 30.0 Å². The number of fused-ring (bicyclic) bond motifs is 1. The van der Waals surface area contributed by atoms with Crippen molar-refractivity contribution in [3.05, 3.63) is 57.8 Å². The second kappa shape index (κ2) is 6.79. The lowest BCUT2D eigenvalue weighted by molar-refractivity contribution is -0.117. The summed E-state index contributed by atoms with van der Waals surface area (Å²) < 4.78 is 0. The lowest BCUT2D eigenvalue weighted by Crippen LogP contribution is -2.34. The first-order chi connectivity index (χ1) is 10.7. The molecule has 1 aromatic heterocycles. The smallest absolute Gasteiger partial charge is 0.247 e. The summed E-state index contributed by atoms with van der Waals surface area (Å²) in [7, 11) is 0. The van der Waals surface area contributed by atoms with E-state index in [4.69, 9.17) is 0 Å². The number of rotatable bonds is 5. The van der Waals surface area contributed by atoms with Crippen LogP contribution >= 0.6 is 11.3 Å². The third-order valence-electron chi connectivity index (χ3n) is 3.91. The molecule has 2 aromatic rings. The monoisotopic (exact) mass is 312 g/mol. The molecule has 2 heterocycles. The van der Waals surface area contributed by atoms with E-state index in [0.29, 0.717) is 6.54 Å². The van der Waals surface area contributed by atoms with Gasteiger partial charge in [-0.3, -0.25) is 4.79 Å². The van der Waals surface area contributed by atoms with Crippen LogP contribution in [0.15, 0.2) is 47.4 Å². The highest BCUT2D eigenvalue weighted by atomic mass is 32.1. The second-order valence-electron chi connectivity index (χ2n) is 5.46. The minimum atomic E-state index is 0.0147. The van der Waals surface area contributed by atoms with Crippen LogP contribution in [0.3, 0.4) is 0 Å². The molecule has 0 bridgehead atoms. The predicted octanol–water partition coefficient (Wildman–Crippen LogP) is 3.33. The summed E-state index contributed by atoms with van der Waals surface area (Å²) in [6.07, 6.45) is 3.03. The van der Waals surface area contributed by atoms with E-state index in [9.17, 15) is 4.79 Å². The van der Waals surface area contributed by atoms with Gasteiger partial charge in [-0.2, -0.15) is 0 Å². The number of thiophene rings is 1.